The van der Waals surface area contributed by atoms with Crippen molar-refractivity contribution >= 4 is 27.1 Å². The molecule has 1 aromatic carbocycles. The summed E-state index contributed by atoms with van der Waals surface area (Å²) < 4.78 is 34.2. The molecule has 0 atom stereocenters. The summed E-state index contributed by atoms with van der Waals surface area (Å²) >= 11 is 5.46. The predicted octanol–water partition coefficient (Wildman–Crippen LogP) is 2.01. The Bertz CT molecular complexity index is 601. The summed E-state index contributed by atoms with van der Waals surface area (Å²) in [6.45, 7) is 0. The lowest BCUT2D eigenvalue weighted by Gasteiger charge is -2.10. The van der Waals surface area contributed by atoms with Gasteiger partial charge in [-0.05, 0) is 6.42 Å². The van der Waals surface area contributed by atoms with E-state index in [1.807, 2.05) is 0 Å². The molecular weight excluding hydrogens is 310 g/mol. The van der Waals surface area contributed by atoms with Gasteiger partial charge in [-0.25, -0.2) is 8.42 Å². The molecule has 0 amide bonds. The van der Waals surface area contributed by atoms with Crippen molar-refractivity contribution in [3.63, 3.8) is 0 Å². The minimum Gasteiger partial charge on any atom is -0.493 e. The summed E-state index contributed by atoms with van der Waals surface area (Å²) in [6, 6.07) is 2.13. The standard InChI is InChI=1S/C11H14ClNO6S/c1-18-9-6-8(13(14)15)11(7-10(9)19-2)20(16,17)5-3-4-12/h6-7H,3-5H2,1-2H3. The Balaban J connectivity index is 3.47. The average molecular weight is 324 g/mol. The zero-order chi connectivity index (χ0) is 15.3. The fourth-order valence-electron chi connectivity index (χ4n) is 1.60. The van der Waals surface area contributed by atoms with E-state index >= 15 is 0 Å². The number of alkyl halides is 1. The van der Waals surface area contributed by atoms with Gasteiger partial charge in [-0.2, -0.15) is 0 Å². The zero-order valence-electron chi connectivity index (χ0n) is 11.0. The minimum absolute atomic E-state index is 0.0930. The highest BCUT2D eigenvalue weighted by molar-refractivity contribution is 7.91. The van der Waals surface area contributed by atoms with E-state index in [-0.39, 0.29) is 29.6 Å². The van der Waals surface area contributed by atoms with Crippen LogP contribution in [0.4, 0.5) is 5.69 Å². The Morgan fingerprint density at radius 2 is 1.80 bits per heavy atom. The number of halogens is 1. The molecule has 9 heteroatoms. The second-order valence-corrected chi connectivity index (χ2v) is 6.25. The molecule has 0 saturated carbocycles. The van der Waals surface area contributed by atoms with Crippen LogP contribution in [0, 0.1) is 10.1 Å². The molecule has 0 aliphatic carbocycles. The number of nitro groups is 1. The molecule has 0 spiro atoms. The summed E-state index contributed by atoms with van der Waals surface area (Å²) in [7, 11) is -1.19. The molecule has 0 bridgehead atoms. The van der Waals surface area contributed by atoms with Crippen LogP contribution in [0.3, 0.4) is 0 Å². The van der Waals surface area contributed by atoms with Crippen LogP contribution in [0.1, 0.15) is 6.42 Å². The molecule has 0 aliphatic heterocycles. The topological polar surface area (TPSA) is 95.7 Å². The first-order chi connectivity index (χ1) is 9.37. The fourth-order valence-corrected chi connectivity index (χ4v) is 3.37. The van der Waals surface area contributed by atoms with Gasteiger partial charge in [-0.3, -0.25) is 10.1 Å². The van der Waals surface area contributed by atoms with Crippen LogP contribution in [-0.4, -0.2) is 39.2 Å². The first-order valence-corrected chi connectivity index (χ1v) is 7.75. The van der Waals surface area contributed by atoms with Gasteiger partial charge in [0.2, 0.25) is 0 Å². The maximum atomic E-state index is 12.1. The third kappa shape index (κ3) is 3.51. The van der Waals surface area contributed by atoms with E-state index < -0.39 is 25.3 Å². The summed E-state index contributed by atoms with van der Waals surface area (Å²) in [5.41, 5.74) is -0.544. The minimum atomic E-state index is -3.82. The Morgan fingerprint density at radius 1 is 1.25 bits per heavy atom. The van der Waals surface area contributed by atoms with Crippen LogP contribution >= 0.6 is 11.6 Å². The summed E-state index contributed by atoms with van der Waals surface area (Å²) in [6.07, 6.45) is 0.204. The number of sulfone groups is 1. The highest BCUT2D eigenvalue weighted by atomic mass is 35.5. The Kier molecular flexibility index (Phi) is 5.58. The SMILES string of the molecule is COc1cc([N+](=O)[O-])c(S(=O)(=O)CCCCl)cc1OC. The van der Waals surface area contributed by atoms with Crippen molar-refractivity contribution in [2.24, 2.45) is 0 Å². The molecule has 0 radical (unpaired) electrons. The van der Waals surface area contributed by atoms with E-state index in [9.17, 15) is 18.5 Å². The third-order valence-electron chi connectivity index (χ3n) is 2.54. The molecule has 1 aromatic rings. The monoisotopic (exact) mass is 323 g/mol. The number of benzene rings is 1. The van der Waals surface area contributed by atoms with Gasteiger partial charge in [0.25, 0.3) is 5.69 Å². The molecule has 112 valence electrons. The van der Waals surface area contributed by atoms with E-state index in [0.29, 0.717) is 0 Å². The molecule has 0 saturated heterocycles. The van der Waals surface area contributed by atoms with Crippen molar-refractivity contribution < 1.29 is 22.8 Å². The predicted molar refractivity (Wildman–Crippen MR) is 73.6 cm³/mol. The van der Waals surface area contributed by atoms with E-state index in [4.69, 9.17) is 21.1 Å². The van der Waals surface area contributed by atoms with Gasteiger partial charge in [0.05, 0.1) is 31.0 Å². The molecule has 0 aliphatic rings. The van der Waals surface area contributed by atoms with Crippen LogP contribution < -0.4 is 9.47 Å². The molecule has 20 heavy (non-hydrogen) atoms. The number of hydrogen-bond donors (Lipinski definition) is 0. The van der Waals surface area contributed by atoms with Gasteiger partial charge in [-0.15, -0.1) is 11.6 Å². The number of ether oxygens (including phenoxy) is 2. The van der Waals surface area contributed by atoms with Crippen molar-refractivity contribution in [2.45, 2.75) is 11.3 Å². The van der Waals surface area contributed by atoms with E-state index in [2.05, 4.69) is 0 Å². The number of hydrogen-bond acceptors (Lipinski definition) is 6. The van der Waals surface area contributed by atoms with E-state index in [0.717, 1.165) is 12.1 Å². The summed E-state index contributed by atoms with van der Waals surface area (Å²) in [5, 5.41) is 11.0. The Morgan fingerprint density at radius 3 is 2.25 bits per heavy atom. The van der Waals surface area contributed by atoms with Gasteiger partial charge in [-0.1, -0.05) is 0 Å². The van der Waals surface area contributed by atoms with Crippen LogP contribution in [0.15, 0.2) is 17.0 Å². The first-order valence-electron chi connectivity index (χ1n) is 5.56. The van der Waals surface area contributed by atoms with Gasteiger partial charge < -0.3 is 9.47 Å². The summed E-state index contributed by atoms with van der Waals surface area (Å²) in [5.74, 6) is 0.0886. The van der Waals surface area contributed by atoms with Crippen molar-refractivity contribution in [2.75, 3.05) is 25.9 Å². The van der Waals surface area contributed by atoms with E-state index in [1.54, 1.807) is 0 Å². The first kappa shape index (κ1) is 16.5. The number of nitro benzene ring substituents is 1. The maximum Gasteiger partial charge on any atom is 0.291 e. The summed E-state index contributed by atoms with van der Waals surface area (Å²) in [4.78, 5) is 9.86. The lowest BCUT2D eigenvalue weighted by Crippen LogP contribution is -2.10. The third-order valence-corrected chi connectivity index (χ3v) is 4.63. The van der Waals surface area contributed by atoms with Gasteiger partial charge in [0.15, 0.2) is 21.3 Å². The van der Waals surface area contributed by atoms with Crippen molar-refractivity contribution in [3.05, 3.63) is 22.2 Å². The maximum absolute atomic E-state index is 12.1. The van der Waals surface area contributed by atoms with Crippen molar-refractivity contribution in [3.8, 4) is 11.5 Å². The quantitative estimate of drug-likeness (QED) is 0.432. The van der Waals surface area contributed by atoms with E-state index in [1.165, 1.54) is 14.2 Å². The zero-order valence-corrected chi connectivity index (χ0v) is 12.5. The number of nitrogens with zero attached hydrogens (tertiary/aromatic N) is 1. The molecule has 0 N–H and O–H groups in total. The molecule has 7 nitrogen and oxygen atoms in total. The van der Waals surface area contributed by atoms with Gasteiger partial charge >= 0.3 is 0 Å². The lowest BCUT2D eigenvalue weighted by atomic mass is 10.3. The lowest BCUT2D eigenvalue weighted by molar-refractivity contribution is -0.387. The second kappa shape index (κ2) is 6.76. The Hall–Kier alpha value is -1.54. The molecule has 1 rings (SSSR count). The van der Waals surface area contributed by atoms with Crippen LogP contribution in [-0.2, 0) is 9.84 Å². The van der Waals surface area contributed by atoms with Crippen LogP contribution in [0.5, 0.6) is 11.5 Å². The normalized spacial score (nSPS) is 11.2. The second-order valence-electron chi connectivity index (χ2n) is 3.79. The highest BCUT2D eigenvalue weighted by Crippen LogP contribution is 2.37. The molecule has 0 heterocycles. The van der Waals surface area contributed by atoms with Crippen LogP contribution in [0.2, 0.25) is 0 Å². The highest BCUT2D eigenvalue weighted by Gasteiger charge is 2.28. The average Bonchev–Trinajstić information content (AvgIpc) is 2.43. The van der Waals surface area contributed by atoms with Gasteiger partial charge in [0, 0.05) is 11.9 Å². The van der Waals surface area contributed by atoms with Gasteiger partial charge in [0.1, 0.15) is 4.90 Å². The Labute approximate surface area is 121 Å². The van der Waals surface area contributed by atoms with Crippen molar-refractivity contribution in [1.82, 2.24) is 0 Å². The number of rotatable bonds is 7. The number of methoxy groups -OCH3 is 2. The largest absolute Gasteiger partial charge is 0.493 e. The molecule has 0 unspecified atom stereocenters. The fraction of sp³-hybridized carbons (Fsp3) is 0.455. The van der Waals surface area contributed by atoms with Crippen molar-refractivity contribution in [1.29, 1.82) is 0 Å². The smallest absolute Gasteiger partial charge is 0.291 e. The van der Waals surface area contributed by atoms with Crippen LogP contribution in [0.25, 0.3) is 0 Å². The molecule has 0 aromatic heterocycles. The molecular formula is C11H14ClNO6S. The molecule has 0 fully saturated rings.